The molecule has 1 saturated heterocycles. The average Bonchev–Trinajstić information content (AvgIpc) is 2.97. The molecule has 0 aliphatic carbocycles. The zero-order chi connectivity index (χ0) is 23.5. The predicted molar refractivity (Wildman–Crippen MR) is 117 cm³/mol. The van der Waals surface area contributed by atoms with Crippen LogP contribution in [0.4, 0.5) is 10.5 Å². The molecule has 3 rings (SSSR count). The van der Waals surface area contributed by atoms with Crippen molar-refractivity contribution in [2.75, 3.05) is 6.54 Å². The van der Waals surface area contributed by atoms with Crippen molar-refractivity contribution in [3.05, 3.63) is 75.8 Å². The van der Waals surface area contributed by atoms with Gasteiger partial charge in [0, 0.05) is 12.1 Å². The number of urea groups is 1. The van der Waals surface area contributed by atoms with E-state index >= 15 is 0 Å². The first-order chi connectivity index (χ1) is 15.1. The van der Waals surface area contributed by atoms with Gasteiger partial charge in [0.05, 0.1) is 11.0 Å². The number of carbonyl (C=O) groups excluding carboxylic acids is 3. The number of carbonyl (C=O) groups is 3. The number of amides is 4. The molecule has 1 aliphatic heterocycles. The summed E-state index contributed by atoms with van der Waals surface area (Å²) in [6.07, 6.45) is 0.705. The minimum atomic E-state index is -1.41. The molecular formula is C23H26N4O5. The van der Waals surface area contributed by atoms with E-state index in [0.717, 1.165) is 10.5 Å². The number of benzene rings is 2. The van der Waals surface area contributed by atoms with Gasteiger partial charge in [-0.15, -0.1) is 0 Å². The van der Waals surface area contributed by atoms with E-state index in [1.807, 2.05) is 30.3 Å². The molecule has 2 aromatic rings. The lowest BCUT2D eigenvalue weighted by atomic mass is 9.92. The molecule has 0 aromatic heterocycles. The molecular weight excluding hydrogens is 412 g/mol. The molecule has 2 aromatic carbocycles. The Balaban J connectivity index is 1.74. The summed E-state index contributed by atoms with van der Waals surface area (Å²) in [5.74, 6) is -0.717. The van der Waals surface area contributed by atoms with Crippen molar-refractivity contribution < 1.29 is 19.3 Å². The summed E-state index contributed by atoms with van der Waals surface area (Å²) in [6.45, 7) is 5.19. The molecule has 2 N–H and O–H groups in total. The molecule has 2 unspecified atom stereocenters. The van der Waals surface area contributed by atoms with E-state index in [-0.39, 0.29) is 11.7 Å². The highest BCUT2D eigenvalue weighted by Crippen LogP contribution is 2.30. The van der Waals surface area contributed by atoms with Gasteiger partial charge in [-0.05, 0) is 42.5 Å². The standard InChI is InChI=1S/C23H26N4O5/c1-15(2)13-19(16-7-5-4-6-8-16)24-20(28)14-26-21(29)23(3,25-22(26)30)17-9-11-18(12-10-17)27(31)32/h4-12,15,19H,13-14H2,1-3H3,(H,24,28)(H,25,30). The Kier molecular flexibility index (Phi) is 6.57. The Morgan fingerprint density at radius 1 is 1.12 bits per heavy atom. The first-order valence-corrected chi connectivity index (χ1v) is 10.3. The highest BCUT2D eigenvalue weighted by Gasteiger charge is 2.49. The van der Waals surface area contributed by atoms with Gasteiger partial charge < -0.3 is 10.6 Å². The Hall–Kier alpha value is -3.75. The summed E-state index contributed by atoms with van der Waals surface area (Å²) in [5, 5.41) is 16.4. The van der Waals surface area contributed by atoms with E-state index in [1.54, 1.807) is 0 Å². The number of hydrogen-bond acceptors (Lipinski definition) is 5. The summed E-state index contributed by atoms with van der Waals surface area (Å²) in [4.78, 5) is 49.5. The van der Waals surface area contributed by atoms with Crippen LogP contribution in [0, 0.1) is 16.0 Å². The molecule has 0 spiro atoms. The fourth-order valence-electron chi connectivity index (χ4n) is 3.77. The zero-order valence-corrected chi connectivity index (χ0v) is 18.2. The van der Waals surface area contributed by atoms with Gasteiger partial charge in [0.15, 0.2) is 0 Å². The van der Waals surface area contributed by atoms with Gasteiger partial charge in [0.25, 0.3) is 11.6 Å². The first-order valence-electron chi connectivity index (χ1n) is 10.3. The molecule has 0 saturated carbocycles. The lowest BCUT2D eigenvalue weighted by molar-refractivity contribution is -0.384. The van der Waals surface area contributed by atoms with Crippen molar-refractivity contribution in [1.82, 2.24) is 15.5 Å². The molecule has 1 aliphatic rings. The fourth-order valence-corrected chi connectivity index (χ4v) is 3.77. The van der Waals surface area contributed by atoms with Crippen LogP contribution in [0.3, 0.4) is 0 Å². The third-order valence-corrected chi connectivity index (χ3v) is 5.48. The number of hydrogen-bond donors (Lipinski definition) is 2. The molecule has 168 valence electrons. The maximum absolute atomic E-state index is 13.1. The third kappa shape index (κ3) is 4.77. The van der Waals surface area contributed by atoms with Gasteiger partial charge >= 0.3 is 6.03 Å². The highest BCUT2D eigenvalue weighted by atomic mass is 16.6. The number of nitrogens with zero attached hydrogens (tertiary/aromatic N) is 2. The largest absolute Gasteiger partial charge is 0.348 e. The second-order valence-electron chi connectivity index (χ2n) is 8.41. The van der Waals surface area contributed by atoms with E-state index in [0.29, 0.717) is 17.9 Å². The quantitative estimate of drug-likeness (QED) is 0.372. The van der Waals surface area contributed by atoms with Gasteiger partial charge in [0.1, 0.15) is 12.1 Å². The average molecular weight is 438 g/mol. The monoisotopic (exact) mass is 438 g/mol. The van der Waals surface area contributed by atoms with Gasteiger partial charge in [-0.25, -0.2) is 4.79 Å². The molecule has 32 heavy (non-hydrogen) atoms. The van der Waals surface area contributed by atoms with Gasteiger partial charge in [-0.1, -0.05) is 44.2 Å². The van der Waals surface area contributed by atoms with Crippen LogP contribution >= 0.6 is 0 Å². The van der Waals surface area contributed by atoms with Gasteiger partial charge in [-0.3, -0.25) is 24.6 Å². The topological polar surface area (TPSA) is 122 Å². The summed E-state index contributed by atoms with van der Waals surface area (Å²) < 4.78 is 0. The predicted octanol–water partition coefficient (Wildman–Crippen LogP) is 3.27. The Labute approximate surface area is 185 Å². The van der Waals surface area contributed by atoms with Crippen LogP contribution in [0.1, 0.15) is 44.4 Å². The molecule has 0 bridgehead atoms. The molecule has 9 nitrogen and oxygen atoms in total. The van der Waals surface area contributed by atoms with E-state index in [9.17, 15) is 24.5 Å². The maximum atomic E-state index is 13.1. The normalized spacial score (nSPS) is 19.1. The number of nitrogens with one attached hydrogen (secondary N) is 2. The van der Waals surface area contributed by atoms with Crippen molar-refractivity contribution in [2.45, 2.75) is 38.8 Å². The van der Waals surface area contributed by atoms with E-state index < -0.39 is 34.9 Å². The van der Waals surface area contributed by atoms with Crippen molar-refractivity contribution in [3.63, 3.8) is 0 Å². The van der Waals surface area contributed by atoms with Crippen LogP contribution in [0.2, 0.25) is 0 Å². The Morgan fingerprint density at radius 2 is 1.75 bits per heavy atom. The van der Waals surface area contributed by atoms with Crippen LogP contribution in [0.5, 0.6) is 0 Å². The number of nitro benzene ring substituents is 1. The maximum Gasteiger partial charge on any atom is 0.325 e. The summed E-state index contributed by atoms with van der Waals surface area (Å²) in [5.41, 5.74) is -0.195. The van der Waals surface area contributed by atoms with Gasteiger partial charge in [0.2, 0.25) is 5.91 Å². The lowest BCUT2D eigenvalue weighted by Crippen LogP contribution is -2.44. The van der Waals surface area contributed by atoms with Crippen LogP contribution in [-0.4, -0.2) is 34.2 Å². The smallest absolute Gasteiger partial charge is 0.325 e. The molecule has 0 radical (unpaired) electrons. The number of non-ortho nitro benzene ring substituents is 1. The van der Waals surface area contributed by atoms with Gasteiger partial charge in [-0.2, -0.15) is 0 Å². The lowest BCUT2D eigenvalue weighted by Gasteiger charge is -2.23. The Morgan fingerprint density at radius 3 is 2.31 bits per heavy atom. The van der Waals surface area contributed by atoms with E-state index in [4.69, 9.17) is 0 Å². The second-order valence-corrected chi connectivity index (χ2v) is 8.41. The first kappa shape index (κ1) is 22.9. The summed E-state index contributed by atoms with van der Waals surface area (Å²) >= 11 is 0. The zero-order valence-electron chi connectivity index (χ0n) is 18.2. The van der Waals surface area contributed by atoms with Crippen LogP contribution in [0.15, 0.2) is 54.6 Å². The van der Waals surface area contributed by atoms with Crippen molar-refractivity contribution >= 4 is 23.5 Å². The second kappa shape index (κ2) is 9.17. The van der Waals surface area contributed by atoms with Crippen LogP contribution < -0.4 is 10.6 Å². The minimum absolute atomic E-state index is 0.123. The highest BCUT2D eigenvalue weighted by molar-refractivity contribution is 6.09. The number of imide groups is 1. The minimum Gasteiger partial charge on any atom is -0.348 e. The Bertz CT molecular complexity index is 1020. The summed E-state index contributed by atoms with van der Waals surface area (Å²) in [6, 6.07) is 14.0. The molecule has 1 fully saturated rings. The molecule has 9 heteroatoms. The van der Waals surface area contributed by atoms with E-state index in [2.05, 4.69) is 24.5 Å². The molecule has 2 atom stereocenters. The number of rotatable bonds is 8. The van der Waals surface area contributed by atoms with Crippen molar-refractivity contribution in [2.24, 2.45) is 5.92 Å². The van der Waals surface area contributed by atoms with Crippen molar-refractivity contribution in [3.8, 4) is 0 Å². The number of nitro groups is 1. The van der Waals surface area contributed by atoms with E-state index in [1.165, 1.54) is 31.2 Å². The van der Waals surface area contributed by atoms with Crippen LogP contribution in [-0.2, 0) is 15.1 Å². The third-order valence-electron chi connectivity index (χ3n) is 5.48. The van der Waals surface area contributed by atoms with Crippen LogP contribution in [0.25, 0.3) is 0 Å². The SMILES string of the molecule is CC(C)CC(NC(=O)CN1C(=O)NC(C)(c2ccc([N+](=O)[O-])cc2)C1=O)c1ccccc1. The molecule has 4 amide bonds. The molecule has 1 heterocycles. The van der Waals surface area contributed by atoms with Crippen molar-refractivity contribution in [1.29, 1.82) is 0 Å². The summed E-state index contributed by atoms with van der Waals surface area (Å²) in [7, 11) is 0. The fraction of sp³-hybridized carbons (Fsp3) is 0.348.